The number of methoxy groups -OCH3 is 1. The van der Waals surface area contributed by atoms with Crippen molar-refractivity contribution in [2.45, 2.75) is 0 Å². The van der Waals surface area contributed by atoms with Gasteiger partial charge in [0.2, 0.25) is 0 Å². The van der Waals surface area contributed by atoms with Gasteiger partial charge in [0, 0.05) is 26.9 Å². The maximum atomic E-state index is 12.4. The molecule has 0 heterocycles. The van der Waals surface area contributed by atoms with Gasteiger partial charge in [-0.05, 0) is 66.7 Å². The zero-order chi connectivity index (χ0) is 19.9. The van der Waals surface area contributed by atoms with Crippen LogP contribution in [0.5, 0.6) is 5.75 Å². The third-order valence-corrected chi connectivity index (χ3v) is 4.62. The van der Waals surface area contributed by atoms with E-state index in [1.165, 1.54) is 6.08 Å². The van der Waals surface area contributed by atoms with Crippen LogP contribution in [0.25, 0.3) is 6.08 Å². The second kappa shape index (κ2) is 9.15. The summed E-state index contributed by atoms with van der Waals surface area (Å²) in [7, 11) is 1.59. The number of hydrogen-bond donors (Lipinski definition) is 1. The van der Waals surface area contributed by atoms with Crippen molar-refractivity contribution >= 4 is 39.4 Å². The van der Waals surface area contributed by atoms with E-state index in [4.69, 9.17) is 4.74 Å². The fraction of sp³-hybridized carbons (Fsp3) is 0.0435. The van der Waals surface area contributed by atoms with Crippen molar-refractivity contribution < 1.29 is 14.3 Å². The van der Waals surface area contributed by atoms with Crippen molar-refractivity contribution in [1.82, 2.24) is 0 Å². The number of carbonyl (C=O) groups excluding carboxylic acids is 2. The second-order valence-corrected chi connectivity index (χ2v) is 6.89. The highest BCUT2D eigenvalue weighted by molar-refractivity contribution is 9.10. The van der Waals surface area contributed by atoms with Crippen LogP contribution < -0.4 is 10.1 Å². The third-order valence-electron chi connectivity index (χ3n) is 4.09. The highest BCUT2D eigenvalue weighted by atomic mass is 79.9. The SMILES string of the molecule is COc1ccccc1/C=C/C(=O)c1ccc(NC(=O)c2ccc(Br)cc2)cc1. The average molecular weight is 436 g/mol. The number of rotatable bonds is 6. The van der Waals surface area contributed by atoms with Crippen LogP contribution >= 0.6 is 15.9 Å². The molecule has 0 aliphatic rings. The Morgan fingerprint density at radius 3 is 2.21 bits per heavy atom. The quantitative estimate of drug-likeness (QED) is 0.404. The summed E-state index contributed by atoms with van der Waals surface area (Å²) < 4.78 is 6.18. The Hall–Kier alpha value is -3.18. The molecule has 3 rings (SSSR count). The van der Waals surface area contributed by atoms with E-state index in [0.29, 0.717) is 22.6 Å². The molecule has 3 aromatic carbocycles. The average Bonchev–Trinajstić information content (AvgIpc) is 2.73. The molecule has 0 aliphatic heterocycles. The minimum Gasteiger partial charge on any atom is -0.496 e. The van der Waals surface area contributed by atoms with Crippen molar-refractivity contribution in [3.05, 3.63) is 100 Å². The van der Waals surface area contributed by atoms with Crippen LogP contribution in [-0.4, -0.2) is 18.8 Å². The Balaban J connectivity index is 1.66. The molecule has 0 bridgehead atoms. The Kier molecular flexibility index (Phi) is 6.40. The smallest absolute Gasteiger partial charge is 0.255 e. The van der Waals surface area contributed by atoms with Gasteiger partial charge < -0.3 is 10.1 Å². The third kappa shape index (κ3) is 4.96. The van der Waals surface area contributed by atoms with Gasteiger partial charge >= 0.3 is 0 Å². The molecule has 0 atom stereocenters. The van der Waals surface area contributed by atoms with Gasteiger partial charge in [0.1, 0.15) is 5.75 Å². The van der Waals surface area contributed by atoms with Crippen LogP contribution in [0.15, 0.2) is 83.3 Å². The number of para-hydroxylation sites is 1. The standard InChI is InChI=1S/C23H18BrNO3/c1-28-22-5-3-2-4-17(22)10-15-21(26)16-8-13-20(14-9-16)25-23(27)18-6-11-19(24)12-7-18/h2-15H,1H3,(H,25,27)/b15-10+. The summed E-state index contributed by atoms with van der Waals surface area (Å²) in [4.78, 5) is 24.6. The van der Waals surface area contributed by atoms with E-state index in [0.717, 1.165) is 10.0 Å². The molecule has 0 spiro atoms. The molecule has 3 aromatic rings. The van der Waals surface area contributed by atoms with E-state index in [1.807, 2.05) is 36.4 Å². The lowest BCUT2D eigenvalue weighted by Crippen LogP contribution is -2.11. The molecule has 1 amide bonds. The predicted molar refractivity (Wildman–Crippen MR) is 115 cm³/mol. The van der Waals surface area contributed by atoms with Gasteiger partial charge in [0.15, 0.2) is 5.78 Å². The van der Waals surface area contributed by atoms with E-state index in [1.54, 1.807) is 49.6 Å². The van der Waals surface area contributed by atoms with Gasteiger partial charge in [0.25, 0.3) is 5.91 Å². The summed E-state index contributed by atoms with van der Waals surface area (Å²) in [6.07, 6.45) is 3.23. The van der Waals surface area contributed by atoms with E-state index >= 15 is 0 Å². The summed E-state index contributed by atoms with van der Waals surface area (Å²) in [6, 6.07) is 21.4. The number of ether oxygens (including phenoxy) is 1. The van der Waals surface area contributed by atoms with Gasteiger partial charge in [-0.1, -0.05) is 34.1 Å². The minimum absolute atomic E-state index is 0.128. The number of carbonyl (C=O) groups is 2. The highest BCUT2D eigenvalue weighted by Crippen LogP contribution is 2.19. The largest absolute Gasteiger partial charge is 0.496 e. The number of amides is 1. The Labute approximate surface area is 172 Å². The molecular weight excluding hydrogens is 418 g/mol. The van der Waals surface area contributed by atoms with Crippen LogP contribution in [0, 0.1) is 0 Å². The molecule has 0 aliphatic carbocycles. The summed E-state index contributed by atoms with van der Waals surface area (Å²) >= 11 is 3.34. The van der Waals surface area contributed by atoms with E-state index in [-0.39, 0.29) is 11.7 Å². The van der Waals surface area contributed by atoms with E-state index in [2.05, 4.69) is 21.2 Å². The molecule has 1 N–H and O–H groups in total. The molecular formula is C23H18BrNO3. The molecule has 0 aromatic heterocycles. The number of benzene rings is 3. The summed E-state index contributed by atoms with van der Waals surface area (Å²) in [6.45, 7) is 0. The number of nitrogens with one attached hydrogen (secondary N) is 1. The minimum atomic E-state index is -0.206. The Morgan fingerprint density at radius 2 is 1.54 bits per heavy atom. The van der Waals surface area contributed by atoms with Crippen molar-refractivity contribution in [2.24, 2.45) is 0 Å². The molecule has 5 heteroatoms. The lowest BCUT2D eigenvalue weighted by Gasteiger charge is -2.06. The molecule has 140 valence electrons. The van der Waals surface area contributed by atoms with Crippen molar-refractivity contribution in [3.8, 4) is 5.75 Å². The van der Waals surface area contributed by atoms with Gasteiger partial charge in [-0.25, -0.2) is 0 Å². The lowest BCUT2D eigenvalue weighted by atomic mass is 10.1. The van der Waals surface area contributed by atoms with Crippen molar-refractivity contribution in [3.63, 3.8) is 0 Å². The maximum Gasteiger partial charge on any atom is 0.255 e. The predicted octanol–water partition coefficient (Wildman–Crippen LogP) is 5.61. The first-order valence-corrected chi connectivity index (χ1v) is 9.38. The van der Waals surface area contributed by atoms with Gasteiger partial charge in [0.05, 0.1) is 7.11 Å². The monoisotopic (exact) mass is 435 g/mol. The molecule has 0 saturated heterocycles. The first-order valence-electron chi connectivity index (χ1n) is 8.59. The highest BCUT2D eigenvalue weighted by Gasteiger charge is 2.07. The summed E-state index contributed by atoms with van der Waals surface area (Å²) in [5, 5.41) is 2.82. The zero-order valence-electron chi connectivity index (χ0n) is 15.2. The topological polar surface area (TPSA) is 55.4 Å². The van der Waals surface area contributed by atoms with Gasteiger partial charge in [-0.3, -0.25) is 9.59 Å². The first-order chi connectivity index (χ1) is 13.6. The second-order valence-electron chi connectivity index (χ2n) is 5.98. The lowest BCUT2D eigenvalue weighted by molar-refractivity contribution is 0.102. The zero-order valence-corrected chi connectivity index (χ0v) is 16.8. The molecule has 0 unspecified atom stereocenters. The number of hydrogen-bond acceptors (Lipinski definition) is 3. The van der Waals surface area contributed by atoms with Crippen LogP contribution in [0.2, 0.25) is 0 Å². The number of halogens is 1. The van der Waals surface area contributed by atoms with Crippen LogP contribution in [0.1, 0.15) is 26.3 Å². The van der Waals surface area contributed by atoms with Crippen LogP contribution in [0.3, 0.4) is 0 Å². The Morgan fingerprint density at radius 1 is 0.893 bits per heavy atom. The molecule has 28 heavy (non-hydrogen) atoms. The van der Waals surface area contributed by atoms with Crippen LogP contribution in [-0.2, 0) is 0 Å². The number of allylic oxidation sites excluding steroid dienone is 1. The summed E-state index contributed by atoms with van der Waals surface area (Å²) in [5.74, 6) is 0.372. The van der Waals surface area contributed by atoms with E-state index < -0.39 is 0 Å². The van der Waals surface area contributed by atoms with Gasteiger partial charge in [-0.15, -0.1) is 0 Å². The fourth-order valence-corrected chi connectivity index (χ4v) is 2.85. The maximum absolute atomic E-state index is 12.4. The van der Waals surface area contributed by atoms with E-state index in [9.17, 15) is 9.59 Å². The molecule has 0 radical (unpaired) electrons. The van der Waals surface area contributed by atoms with Crippen LogP contribution in [0.4, 0.5) is 5.69 Å². The first kappa shape index (κ1) is 19.6. The van der Waals surface area contributed by atoms with Gasteiger partial charge in [-0.2, -0.15) is 0 Å². The molecule has 4 nitrogen and oxygen atoms in total. The summed E-state index contributed by atoms with van der Waals surface area (Å²) in [5.41, 5.74) is 2.55. The molecule has 0 fully saturated rings. The fourth-order valence-electron chi connectivity index (χ4n) is 2.59. The van der Waals surface area contributed by atoms with Crippen molar-refractivity contribution in [1.29, 1.82) is 0 Å². The number of ketones is 1. The van der Waals surface area contributed by atoms with Crippen molar-refractivity contribution in [2.75, 3.05) is 12.4 Å². The Bertz CT molecular complexity index is 1010. The number of anilines is 1. The normalized spacial score (nSPS) is 10.6. The molecule has 0 saturated carbocycles.